The number of fused-ring (bicyclic) bond motifs is 3. The molecular weight excluding hydrogens is 757 g/mol. The molecule has 6 heteroatoms. The largest absolute Gasteiger partial charge is 0.383 e. The van der Waals surface area contributed by atoms with E-state index in [1.54, 1.807) is 0 Å². The minimum Gasteiger partial charge on any atom is -0.383 e. The van der Waals surface area contributed by atoms with Crippen molar-refractivity contribution in [3.63, 3.8) is 0 Å². The molecule has 0 fully saturated rings. The molecular formula is C56H42N6. The van der Waals surface area contributed by atoms with Gasteiger partial charge in [-0.05, 0) is 51.4 Å². The van der Waals surface area contributed by atoms with Gasteiger partial charge in [-0.15, -0.1) is 0 Å². The predicted molar refractivity (Wildman–Crippen MR) is 253 cm³/mol. The van der Waals surface area contributed by atoms with Crippen molar-refractivity contribution in [2.75, 3.05) is 0 Å². The SMILES string of the molecule is CC(N=C(N=C(N)c1ccc(-c2ccccc2)cc1)c1ccccc1)C1(c2nc(-c3ccccc3)nc(-c3ccc(-c4ccccc4)cc3)n2)c2ccccc2-c2ccccc21. The summed E-state index contributed by atoms with van der Waals surface area (Å²) in [6.45, 7) is 2.14. The van der Waals surface area contributed by atoms with E-state index in [0.717, 1.165) is 66.8 Å². The van der Waals surface area contributed by atoms with E-state index < -0.39 is 11.5 Å². The smallest absolute Gasteiger partial charge is 0.163 e. The van der Waals surface area contributed by atoms with Crippen LogP contribution in [-0.2, 0) is 5.41 Å². The fourth-order valence-electron chi connectivity index (χ4n) is 8.66. The van der Waals surface area contributed by atoms with Gasteiger partial charge >= 0.3 is 0 Å². The van der Waals surface area contributed by atoms with Crippen molar-refractivity contribution in [2.45, 2.75) is 18.4 Å². The third-order valence-corrected chi connectivity index (χ3v) is 11.8. The summed E-state index contributed by atoms with van der Waals surface area (Å²) in [6.07, 6.45) is 0. The van der Waals surface area contributed by atoms with E-state index in [1.807, 2.05) is 97.1 Å². The van der Waals surface area contributed by atoms with Crippen LogP contribution in [0.1, 0.15) is 35.0 Å². The normalized spacial score (nSPS) is 13.6. The van der Waals surface area contributed by atoms with Gasteiger partial charge < -0.3 is 5.73 Å². The number of nitrogens with two attached hydrogens (primary N) is 1. The first-order chi connectivity index (χ1) is 30.6. The molecule has 6 nitrogen and oxygen atoms in total. The van der Waals surface area contributed by atoms with E-state index in [0.29, 0.717) is 29.1 Å². The Hall–Kier alpha value is -8.09. The molecule has 0 bridgehead atoms. The first kappa shape index (κ1) is 38.1. The summed E-state index contributed by atoms with van der Waals surface area (Å²) >= 11 is 0. The summed E-state index contributed by atoms with van der Waals surface area (Å²) in [5, 5.41) is 0. The number of aromatic nitrogens is 3. The number of aliphatic imine (C=N–C) groups is 2. The molecule has 8 aromatic carbocycles. The van der Waals surface area contributed by atoms with Gasteiger partial charge in [0.15, 0.2) is 23.3 Å². The highest BCUT2D eigenvalue weighted by Crippen LogP contribution is 2.54. The third-order valence-electron chi connectivity index (χ3n) is 11.8. The lowest BCUT2D eigenvalue weighted by molar-refractivity contribution is 0.489. The zero-order chi connectivity index (χ0) is 41.9. The molecule has 1 atom stereocenters. The standard InChI is InChI=1S/C56H42N6/c1-38(58-52(44-22-10-4-11-23-44)59-51(57)43-34-30-41(31-35-43)39-18-6-2-7-19-39)56(49-28-16-14-26-47(49)48-27-15-17-29-50(48)56)55-61-53(45-24-12-5-13-25-45)60-54(62-55)46-36-32-42(33-37-46)40-20-8-3-9-21-40/h2-38H,1H3,(H2,57,58,59). The lowest BCUT2D eigenvalue weighted by Gasteiger charge is -2.35. The third kappa shape index (κ3) is 7.07. The number of hydrogen-bond acceptors (Lipinski definition) is 4. The molecule has 1 aliphatic rings. The summed E-state index contributed by atoms with van der Waals surface area (Å²) < 4.78 is 0. The molecule has 9 aromatic rings. The minimum absolute atomic E-state index is 0.369. The summed E-state index contributed by atoms with van der Waals surface area (Å²) in [4.78, 5) is 26.8. The summed E-state index contributed by atoms with van der Waals surface area (Å²) in [6, 6.07) is 74.1. The Balaban J connectivity index is 1.17. The molecule has 1 aliphatic carbocycles. The van der Waals surface area contributed by atoms with Gasteiger partial charge in [0.25, 0.3) is 0 Å². The molecule has 0 amide bonds. The van der Waals surface area contributed by atoms with Crippen molar-refractivity contribution in [3.05, 3.63) is 246 Å². The molecule has 296 valence electrons. The highest BCUT2D eigenvalue weighted by atomic mass is 15.1. The van der Waals surface area contributed by atoms with Crippen molar-refractivity contribution >= 4 is 11.7 Å². The van der Waals surface area contributed by atoms with Crippen LogP contribution in [-0.4, -0.2) is 32.7 Å². The molecule has 1 unspecified atom stereocenters. The first-order valence-corrected chi connectivity index (χ1v) is 20.9. The van der Waals surface area contributed by atoms with Crippen LogP contribution in [0.3, 0.4) is 0 Å². The molecule has 1 heterocycles. The lowest BCUT2D eigenvalue weighted by atomic mass is 9.71. The van der Waals surface area contributed by atoms with Crippen molar-refractivity contribution in [2.24, 2.45) is 15.7 Å². The van der Waals surface area contributed by atoms with E-state index in [1.165, 1.54) is 0 Å². The minimum atomic E-state index is -0.958. The van der Waals surface area contributed by atoms with Crippen LogP contribution in [0.5, 0.6) is 0 Å². The molecule has 62 heavy (non-hydrogen) atoms. The number of rotatable bonds is 9. The molecule has 10 rings (SSSR count). The van der Waals surface area contributed by atoms with Crippen LogP contribution in [0, 0.1) is 0 Å². The molecule has 0 saturated heterocycles. The zero-order valence-corrected chi connectivity index (χ0v) is 34.2. The van der Waals surface area contributed by atoms with Crippen LogP contribution in [0.25, 0.3) is 56.2 Å². The van der Waals surface area contributed by atoms with Gasteiger partial charge in [0.05, 0.1) is 6.04 Å². The van der Waals surface area contributed by atoms with Crippen molar-refractivity contribution in [1.29, 1.82) is 0 Å². The average molecular weight is 799 g/mol. The Morgan fingerprint density at radius 2 is 0.806 bits per heavy atom. The van der Waals surface area contributed by atoms with Crippen LogP contribution in [0.15, 0.2) is 228 Å². The van der Waals surface area contributed by atoms with Gasteiger partial charge in [0, 0.05) is 22.3 Å². The van der Waals surface area contributed by atoms with E-state index in [9.17, 15) is 0 Å². The van der Waals surface area contributed by atoms with E-state index in [4.69, 9.17) is 30.7 Å². The van der Waals surface area contributed by atoms with Crippen molar-refractivity contribution < 1.29 is 0 Å². The number of amidine groups is 2. The van der Waals surface area contributed by atoms with Gasteiger partial charge in [-0.2, -0.15) is 0 Å². The van der Waals surface area contributed by atoms with Crippen LogP contribution >= 0.6 is 0 Å². The first-order valence-electron chi connectivity index (χ1n) is 20.9. The number of nitrogens with zero attached hydrogens (tertiary/aromatic N) is 5. The van der Waals surface area contributed by atoms with Crippen LogP contribution in [0.4, 0.5) is 0 Å². The molecule has 0 spiro atoms. The topological polar surface area (TPSA) is 89.4 Å². The highest BCUT2D eigenvalue weighted by Gasteiger charge is 2.51. The van der Waals surface area contributed by atoms with Gasteiger partial charge in [-0.3, -0.25) is 4.99 Å². The Bertz CT molecular complexity index is 3010. The number of hydrogen-bond donors (Lipinski definition) is 1. The van der Waals surface area contributed by atoms with E-state index in [-0.39, 0.29) is 0 Å². The second kappa shape index (κ2) is 16.5. The molecule has 0 radical (unpaired) electrons. The van der Waals surface area contributed by atoms with Gasteiger partial charge in [-0.1, -0.05) is 218 Å². The van der Waals surface area contributed by atoms with Gasteiger partial charge in [0.2, 0.25) is 0 Å². The molecule has 1 aromatic heterocycles. The van der Waals surface area contributed by atoms with Gasteiger partial charge in [-0.25, -0.2) is 19.9 Å². The second-order valence-corrected chi connectivity index (χ2v) is 15.4. The maximum Gasteiger partial charge on any atom is 0.163 e. The Kier molecular flexibility index (Phi) is 10.2. The summed E-state index contributed by atoms with van der Waals surface area (Å²) in [7, 11) is 0. The maximum absolute atomic E-state index is 6.90. The fraction of sp³-hybridized carbons (Fsp3) is 0.0536. The van der Waals surface area contributed by atoms with E-state index >= 15 is 0 Å². The Morgan fingerprint density at radius 1 is 0.419 bits per heavy atom. The quantitative estimate of drug-likeness (QED) is 0.116. The van der Waals surface area contributed by atoms with Crippen LogP contribution in [0.2, 0.25) is 0 Å². The molecule has 2 N–H and O–H groups in total. The average Bonchev–Trinajstić information content (AvgIpc) is 3.66. The van der Waals surface area contributed by atoms with Gasteiger partial charge in [0.1, 0.15) is 11.3 Å². The lowest BCUT2D eigenvalue weighted by Crippen LogP contribution is -2.40. The summed E-state index contributed by atoms with van der Waals surface area (Å²) in [5.74, 6) is 2.64. The highest BCUT2D eigenvalue weighted by molar-refractivity contribution is 6.11. The summed E-state index contributed by atoms with van der Waals surface area (Å²) in [5.41, 5.74) is 18.2. The second-order valence-electron chi connectivity index (χ2n) is 15.4. The Morgan fingerprint density at radius 3 is 1.32 bits per heavy atom. The van der Waals surface area contributed by atoms with Crippen molar-refractivity contribution in [3.8, 4) is 56.2 Å². The molecule has 0 saturated carbocycles. The van der Waals surface area contributed by atoms with E-state index in [2.05, 4.69) is 128 Å². The maximum atomic E-state index is 6.90. The Labute approximate surface area is 361 Å². The zero-order valence-electron chi connectivity index (χ0n) is 34.2. The predicted octanol–water partition coefficient (Wildman–Crippen LogP) is 12.1. The fourth-order valence-corrected chi connectivity index (χ4v) is 8.66. The monoisotopic (exact) mass is 798 g/mol. The molecule has 0 aliphatic heterocycles. The van der Waals surface area contributed by atoms with Crippen LogP contribution < -0.4 is 5.73 Å². The van der Waals surface area contributed by atoms with Crippen molar-refractivity contribution in [1.82, 2.24) is 15.0 Å². The number of benzene rings is 8.